The normalized spacial score (nSPS) is 50.7. The molecular formula is C24H42N2O4. The molecule has 30 heavy (non-hydrogen) atoms. The molecular weight excluding hydrogens is 380 g/mol. The van der Waals surface area contributed by atoms with E-state index >= 15 is 0 Å². The van der Waals surface area contributed by atoms with Crippen LogP contribution in [0.15, 0.2) is 5.16 Å². The van der Waals surface area contributed by atoms with Crippen LogP contribution in [0.25, 0.3) is 0 Å². The molecule has 4 N–H and O–H groups in total. The molecule has 4 aliphatic rings. The van der Waals surface area contributed by atoms with Gasteiger partial charge in [-0.25, -0.2) is 0 Å². The second-order valence-electron chi connectivity index (χ2n) is 11.0. The molecule has 0 spiro atoms. The Labute approximate surface area is 181 Å². The molecule has 0 unspecified atom stereocenters. The molecule has 172 valence electrons. The monoisotopic (exact) mass is 422 g/mol. The van der Waals surface area contributed by atoms with Crippen LogP contribution in [0.2, 0.25) is 0 Å². The SMILES string of the molecule is CO/N=C/[C@@]1(O)CC[C@]2(O)[C@@H]3CC[C@@H]4C[C@@H](OCCCN)CC[C@]4(C)[C@H]3CC[C@]12C. The Kier molecular flexibility index (Phi) is 6.02. The van der Waals surface area contributed by atoms with Crippen molar-refractivity contribution in [2.45, 2.75) is 95.4 Å². The van der Waals surface area contributed by atoms with Gasteiger partial charge < -0.3 is 25.5 Å². The van der Waals surface area contributed by atoms with Crippen LogP contribution in [0.1, 0.15) is 78.1 Å². The minimum atomic E-state index is -1.10. The number of hydrogen-bond donors (Lipinski definition) is 3. The maximum atomic E-state index is 12.1. The second-order valence-corrected chi connectivity index (χ2v) is 11.0. The highest BCUT2D eigenvalue weighted by Gasteiger charge is 2.71. The maximum absolute atomic E-state index is 12.1. The molecule has 0 aromatic rings. The van der Waals surface area contributed by atoms with Gasteiger partial charge in [0.15, 0.2) is 0 Å². The van der Waals surface area contributed by atoms with Crippen molar-refractivity contribution in [1.82, 2.24) is 0 Å². The Morgan fingerprint density at radius 2 is 1.83 bits per heavy atom. The third kappa shape index (κ3) is 3.16. The zero-order valence-corrected chi connectivity index (χ0v) is 19.1. The summed E-state index contributed by atoms with van der Waals surface area (Å²) in [4.78, 5) is 4.87. The van der Waals surface area contributed by atoms with Gasteiger partial charge in [-0.15, -0.1) is 0 Å². The predicted octanol–water partition coefficient (Wildman–Crippen LogP) is 3.24. The van der Waals surface area contributed by atoms with Crippen LogP contribution in [0, 0.1) is 28.6 Å². The number of ether oxygens (including phenoxy) is 1. The summed E-state index contributed by atoms with van der Waals surface area (Å²) in [6.45, 7) is 6.02. The molecule has 0 bridgehead atoms. The number of oxime groups is 1. The van der Waals surface area contributed by atoms with Crippen molar-refractivity contribution in [3.63, 3.8) is 0 Å². The Morgan fingerprint density at radius 1 is 1.03 bits per heavy atom. The van der Waals surface area contributed by atoms with Gasteiger partial charge in [0, 0.05) is 12.0 Å². The average molecular weight is 423 g/mol. The van der Waals surface area contributed by atoms with E-state index in [4.69, 9.17) is 15.3 Å². The van der Waals surface area contributed by atoms with Crippen LogP contribution in [0.5, 0.6) is 0 Å². The fourth-order valence-corrected chi connectivity index (χ4v) is 8.07. The highest BCUT2D eigenvalue weighted by molar-refractivity contribution is 5.71. The van der Waals surface area contributed by atoms with Crippen LogP contribution in [0.4, 0.5) is 0 Å². The van der Waals surface area contributed by atoms with Crippen LogP contribution >= 0.6 is 0 Å². The lowest BCUT2D eigenvalue weighted by Crippen LogP contribution is -2.65. The third-order valence-electron chi connectivity index (χ3n) is 10.1. The standard InChI is InChI=1S/C24H42N2O4/c1-21-9-7-18(30-14-4-13-25)15-17(21)5-6-20-19(21)8-10-22(2)23(27,16-26-29-3)11-12-24(20,22)28/h16-20,27-28H,4-15,25H2,1-3H3/b26-16+/t17-,18+,19+,20-,21+,22-,23+,24+/m1/s1. The van der Waals surface area contributed by atoms with Crippen LogP contribution in [0.3, 0.4) is 0 Å². The highest BCUT2D eigenvalue weighted by atomic mass is 16.6. The molecule has 0 radical (unpaired) electrons. The van der Waals surface area contributed by atoms with Gasteiger partial charge in [-0.05, 0) is 93.9 Å². The molecule has 0 aromatic heterocycles. The van der Waals surface area contributed by atoms with Crippen molar-refractivity contribution in [1.29, 1.82) is 0 Å². The summed E-state index contributed by atoms with van der Waals surface area (Å²) in [7, 11) is 1.50. The largest absolute Gasteiger partial charge is 0.399 e. The van der Waals surface area contributed by atoms with Crippen molar-refractivity contribution in [2.24, 2.45) is 39.5 Å². The second kappa shape index (κ2) is 8.02. The Bertz CT molecular complexity index is 659. The highest BCUT2D eigenvalue weighted by Crippen LogP contribution is 2.69. The van der Waals surface area contributed by atoms with Crippen LogP contribution in [-0.2, 0) is 9.57 Å². The molecule has 6 nitrogen and oxygen atoms in total. The lowest BCUT2D eigenvalue weighted by Gasteiger charge is -2.64. The number of rotatable bonds is 6. The first-order valence-electron chi connectivity index (χ1n) is 12.1. The smallest absolute Gasteiger partial charge is 0.111 e. The van der Waals surface area contributed by atoms with Crippen LogP contribution in [-0.4, -0.2) is 54.0 Å². The molecule has 6 heteroatoms. The molecule has 0 aliphatic heterocycles. The summed E-state index contributed by atoms with van der Waals surface area (Å²) < 4.78 is 6.13. The quantitative estimate of drug-likeness (QED) is 0.347. The van der Waals surface area contributed by atoms with Gasteiger partial charge in [0.05, 0.1) is 17.9 Å². The predicted molar refractivity (Wildman–Crippen MR) is 117 cm³/mol. The van der Waals surface area contributed by atoms with E-state index in [1.54, 1.807) is 6.21 Å². The molecule has 4 rings (SSSR count). The molecule has 4 fully saturated rings. The molecule has 0 aromatic carbocycles. The maximum Gasteiger partial charge on any atom is 0.111 e. The number of nitrogens with two attached hydrogens (primary N) is 1. The summed E-state index contributed by atoms with van der Waals surface area (Å²) in [6, 6.07) is 0. The zero-order valence-electron chi connectivity index (χ0n) is 19.1. The van der Waals surface area contributed by atoms with Crippen molar-refractivity contribution in [3.8, 4) is 0 Å². The average Bonchev–Trinajstić information content (AvgIpc) is 2.94. The van der Waals surface area contributed by atoms with Gasteiger partial charge in [0.2, 0.25) is 0 Å². The van der Waals surface area contributed by atoms with Gasteiger partial charge in [-0.3, -0.25) is 0 Å². The van der Waals surface area contributed by atoms with Gasteiger partial charge in [-0.1, -0.05) is 19.0 Å². The van der Waals surface area contributed by atoms with E-state index in [1.807, 2.05) is 0 Å². The summed E-state index contributed by atoms with van der Waals surface area (Å²) in [5.74, 6) is 1.43. The molecule has 8 atom stereocenters. The lowest BCUT2D eigenvalue weighted by atomic mass is 9.43. The number of fused-ring (bicyclic) bond motifs is 5. The number of hydrogen-bond acceptors (Lipinski definition) is 6. The van der Waals surface area contributed by atoms with E-state index in [2.05, 4.69) is 19.0 Å². The fourth-order valence-electron chi connectivity index (χ4n) is 8.07. The van der Waals surface area contributed by atoms with Crippen molar-refractivity contribution in [3.05, 3.63) is 0 Å². The van der Waals surface area contributed by atoms with Gasteiger partial charge >= 0.3 is 0 Å². The van der Waals surface area contributed by atoms with E-state index in [-0.39, 0.29) is 11.3 Å². The van der Waals surface area contributed by atoms with E-state index in [0.717, 1.165) is 51.6 Å². The van der Waals surface area contributed by atoms with E-state index < -0.39 is 16.6 Å². The minimum Gasteiger partial charge on any atom is -0.399 e. The minimum absolute atomic E-state index is 0.247. The molecule has 0 saturated heterocycles. The topological polar surface area (TPSA) is 97.3 Å². The van der Waals surface area contributed by atoms with Gasteiger partial charge in [0.25, 0.3) is 0 Å². The van der Waals surface area contributed by atoms with Crippen LogP contribution < -0.4 is 5.73 Å². The zero-order chi connectivity index (χ0) is 21.6. The number of aliphatic hydroxyl groups is 2. The van der Waals surface area contributed by atoms with Crippen molar-refractivity contribution >= 4 is 6.21 Å². The summed E-state index contributed by atoms with van der Waals surface area (Å²) >= 11 is 0. The lowest BCUT2D eigenvalue weighted by molar-refractivity contribution is -0.225. The van der Waals surface area contributed by atoms with E-state index in [9.17, 15) is 10.2 Å². The first-order chi connectivity index (χ1) is 14.2. The Hall–Kier alpha value is -0.690. The van der Waals surface area contributed by atoms with E-state index in [1.165, 1.54) is 13.5 Å². The molecule has 4 saturated carbocycles. The first-order valence-corrected chi connectivity index (χ1v) is 12.1. The van der Waals surface area contributed by atoms with Gasteiger partial charge in [0.1, 0.15) is 12.7 Å². The Morgan fingerprint density at radius 3 is 2.57 bits per heavy atom. The van der Waals surface area contributed by atoms with Crippen molar-refractivity contribution in [2.75, 3.05) is 20.3 Å². The van der Waals surface area contributed by atoms with E-state index in [0.29, 0.717) is 37.3 Å². The summed E-state index contributed by atoms with van der Waals surface area (Å²) in [5.41, 5.74) is 3.36. The third-order valence-corrected chi connectivity index (χ3v) is 10.1. The number of nitrogens with zero attached hydrogens (tertiary/aromatic N) is 1. The van der Waals surface area contributed by atoms with Gasteiger partial charge in [-0.2, -0.15) is 0 Å². The summed E-state index contributed by atoms with van der Waals surface area (Å²) in [6.07, 6.45) is 11.6. The van der Waals surface area contributed by atoms with Crippen molar-refractivity contribution < 1.29 is 19.8 Å². The molecule has 0 amide bonds. The molecule has 4 aliphatic carbocycles. The Balaban J connectivity index is 1.53. The first kappa shape index (κ1) is 22.5. The fraction of sp³-hybridized carbons (Fsp3) is 0.958. The summed E-state index contributed by atoms with van der Waals surface area (Å²) in [5, 5.41) is 27.5. The molecule has 0 heterocycles.